The molecule has 1 aromatic carbocycles. The maximum Gasteiger partial charge on any atom is 0.138 e. The van der Waals surface area contributed by atoms with Crippen LogP contribution in [0.15, 0.2) is 36.5 Å². The predicted molar refractivity (Wildman–Crippen MR) is 69.2 cm³/mol. The van der Waals surface area contributed by atoms with E-state index in [1.54, 1.807) is 6.20 Å². The summed E-state index contributed by atoms with van der Waals surface area (Å²) in [5.41, 5.74) is 4.74. The number of aromatic nitrogens is 1. The lowest BCUT2D eigenvalue weighted by atomic mass is 10.1. The van der Waals surface area contributed by atoms with E-state index < -0.39 is 0 Å². The van der Waals surface area contributed by atoms with E-state index in [0.717, 1.165) is 11.4 Å². The van der Waals surface area contributed by atoms with Crippen LogP contribution in [0.2, 0.25) is 0 Å². The van der Waals surface area contributed by atoms with Gasteiger partial charge in [-0.1, -0.05) is 29.3 Å². The van der Waals surface area contributed by atoms with Gasteiger partial charge in [0.05, 0.1) is 6.20 Å². The van der Waals surface area contributed by atoms with Gasteiger partial charge in [0.2, 0.25) is 0 Å². The third-order valence-electron chi connectivity index (χ3n) is 2.57. The minimum atomic E-state index is 0.591. The first-order valence-corrected chi connectivity index (χ1v) is 5.76. The van der Waals surface area contributed by atoms with Crippen LogP contribution in [0, 0.1) is 20.8 Å². The first-order chi connectivity index (χ1) is 8.13. The van der Waals surface area contributed by atoms with Gasteiger partial charge in [-0.15, -0.1) is 0 Å². The maximum absolute atomic E-state index is 5.69. The van der Waals surface area contributed by atoms with Gasteiger partial charge in [-0.3, -0.25) is 4.98 Å². The van der Waals surface area contributed by atoms with Crippen molar-refractivity contribution in [2.75, 3.05) is 0 Å². The van der Waals surface area contributed by atoms with Gasteiger partial charge >= 0.3 is 0 Å². The van der Waals surface area contributed by atoms with Crippen molar-refractivity contribution in [1.29, 1.82) is 0 Å². The molecule has 0 unspecified atom stereocenters. The highest BCUT2D eigenvalue weighted by atomic mass is 16.5. The van der Waals surface area contributed by atoms with Crippen molar-refractivity contribution in [3.05, 3.63) is 58.9 Å². The van der Waals surface area contributed by atoms with Crippen LogP contribution in [0.25, 0.3) is 0 Å². The number of aryl methyl sites for hydroxylation is 3. The summed E-state index contributed by atoms with van der Waals surface area (Å²) in [6.07, 6.45) is 1.76. The third kappa shape index (κ3) is 3.31. The van der Waals surface area contributed by atoms with Gasteiger partial charge in [-0.25, -0.2) is 0 Å². The van der Waals surface area contributed by atoms with Crippen molar-refractivity contribution < 1.29 is 4.74 Å². The quantitative estimate of drug-likeness (QED) is 0.799. The highest BCUT2D eigenvalue weighted by Gasteiger charge is 1.98. The smallest absolute Gasteiger partial charge is 0.138 e. The molecule has 0 N–H and O–H groups in total. The van der Waals surface area contributed by atoms with Crippen LogP contribution in [0.3, 0.4) is 0 Å². The van der Waals surface area contributed by atoms with Crippen LogP contribution in [0.5, 0.6) is 5.75 Å². The second-order valence-electron chi connectivity index (χ2n) is 4.42. The molecule has 0 radical (unpaired) electrons. The average Bonchev–Trinajstić information content (AvgIpc) is 2.27. The van der Waals surface area contributed by atoms with Crippen LogP contribution < -0.4 is 4.74 Å². The number of hydrogen-bond donors (Lipinski definition) is 0. The molecule has 0 aliphatic rings. The Hall–Kier alpha value is -1.83. The normalized spacial score (nSPS) is 10.3. The molecule has 0 saturated heterocycles. The zero-order valence-electron chi connectivity index (χ0n) is 10.5. The number of rotatable bonds is 3. The maximum atomic E-state index is 5.69. The molecule has 0 saturated carbocycles. The standard InChI is InChI=1S/C15H17NO/c1-11-6-12(2)8-14(7-11)10-17-15-5-4-13(3)16-9-15/h4-9H,10H2,1-3H3. The molecule has 0 amide bonds. The van der Waals surface area contributed by atoms with Gasteiger partial charge in [0.25, 0.3) is 0 Å². The lowest BCUT2D eigenvalue weighted by Gasteiger charge is -2.08. The van der Waals surface area contributed by atoms with E-state index in [9.17, 15) is 0 Å². The van der Waals surface area contributed by atoms with Crippen molar-refractivity contribution >= 4 is 0 Å². The molecule has 0 aliphatic heterocycles. The monoisotopic (exact) mass is 227 g/mol. The second-order valence-corrected chi connectivity index (χ2v) is 4.42. The fraction of sp³-hybridized carbons (Fsp3) is 0.267. The van der Waals surface area contributed by atoms with E-state index in [4.69, 9.17) is 4.74 Å². The minimum Gasteiger partial charge on any atom is -0.487 e. The van der Waals surface area contributed by atoms with Crippen molar-refractivity contribution in [1.82, 2.24) is 4.98 Å². The number of hydrogen-bond acceptors (Lipinski definition) is 2. The highest BCUT2D eigenvalue weighted by Crippen LogP contribution is 2.14. The van der Waals surface area contributed by atoms with Gasteiger partial charge in [0, 0.05) is 5.69 Å². The SMILES string of the molecule is Cc1cc(C)cc(COc2ccc(C)nc2)c1. The Kier molecular flexibility index (Phi) is 3.43. The predicted octanol–water partition coefficient (Wildman–Crippen LogP) is 3.59. The molecule has 0 atom stereocenters. The Balaban J connectivity index is 2.04. The van der Waals surface area contributed by atoms with Crippen LogP contribution in [0.4, 0.5) is 0 Å². The fourth-order valence-corrected chi connectivity index (χ4v) is 1.86. The summed E-state index contributed by atoms with van der Waals surface area (Å²) in [4.78, 5) is 4.20. The fourth-order valence-electron chi connectivity index (χ4n) is 1.86. The largest absolute Gasteiger partial charge is 0.487 e. The Labute approximate surface area is 102 Å². The molecule has 2 rings (SSSR count). The van der Waals surface area contributed by atoms with E-state index >= 15 is 0 Å². The van der Waals surface area contributed by atoms with E-state index in [2.05, 4.69) is 37.0 Å². The van der Waals surface area contributed by atoms with Crippen molar-refractivity contribution in [2.24, 2.45) is 0 Å². The van der Waals surface area contributed by atoms with Crippen molar-refractivity contribution in [3.63, 3.8) is 0 Å². The van der Waals surface area contributed by atoms with Crippen LogP contribution in [-0.2, 0) is 6.61 Å². The third-order valence-corrected chi connectivity index (χ3v) is 2.57. The van der Waals surface area contributed by atoms with E-state index in [1.165, 1.54) is 16.7 Å². The van der Waals surface area contributed by atoms with Gasteiger partial charge in [-0.05, 0) is 38.5 Å². The molecule has 2 heteroatoms. The number of nitrogens with zero attached hydrogens (tertiary/aromatic N) is 1. The summed E-state index contributed by atoms with van der Waals surface area (Å²) in [5.74, 6) is 0.815. The highest BCUT2D eigenvalue weighted by molar-refractivity contribution is 5.28. The van der Waals surface area contributed by atoms with Gasteiger partial charge < -0.3 is 4.74 Å². The summed E-state index contributed by atoms with van der Waals surface area (Å²) in [7, 11) is 0. The Bertz CT molecular complexity index is 483. The molecule has 88 valence electrons. The topological polar surface area (TPSA) is 22.1 Å². The molecule has 2 nitrogen and oxygen atoms in total. The zero-order valence-corrected chi connectivity index (χ0v) is 10.5. The molecule has 0 fully saturated rings. The van der Waals surface area contributed by atoms with E-state index in [1.807, 2.05) is 19.1 Å². The molecule has 17 heavy (non-hydrogen) atoms. The second kappa shape index (κ2) is 5.00. The van der Waals surface area contributed by atoms with E-state index in [0.29, 0.717) is 6.61 Å². The number of ether oxygens (including phenoxy) is 1. The molecule has 1 heterocycles. The van der Waals surface area contributed by atoms with Gasteiger partial charge in [0.15, 0.2) is 0 Å². The summed E-state index contributed by atoms with van der Waals surface area (Å²) in [6.45, 7) is 6.76. The molecule has 0 aliphatic carbocycles. The lowest BCUT2D eigenvalue weighted by molar-refractivity contribution is 0.304. The number of pyridine rings is 1. The first kappa shape index (κ1) is 11.6. The Morgan fingerprint density at radius 3 is 2.29 bits per heavy atom. The van der Waals surface area contributed by atoms with Crippen molar-refractivity contribution in [3.8, 4) is 5.75 Å². The summed E-state index contributed by atoms with van der Waals surface area (Å²) in [6, 6.07) is 10.4. The Morgan fingerprint density at radius 2 is 1.71 bits per heavy atom. The van der Waals surface area contributed by atoms with Crippen molar-refractivity contribution in [2.45, 2.75) is 27.4 Å². The van der Waals surface area contributed by atoms with Gasteiger partial charge in [-0.2, -0.15) is 0 Å². The van der Waals surface area contributed by atoms with Gasteiger partial charge in [0.1, 0.15) is 12.4 Å². The number of benzene rings is 1. The molecule has 2 aromatic rings. The lowest BCUT2D eigenvalue weighted by Crippen LogP contribution is -1.97. The summed E-state index contributed by atoms with van der Waals surface area (Å²) < 4.78 is 5.69. The first-order valence-electron chi connectivity index (χ1n) is 5.76. The summed E-state index contributed by atoms with van der Waals surface area (Å²) >= 11 is 0. The average molecular weight is 227 g/mol. The van der Waals surface area contributed by atoms with Crippen LogP contribution >= 0.6 is 0 Å². The van der Waals surface area contributed by atoms with E-state index in [-0.39, 0.29) is 0 Å². The zero-order chi connectivity index (χ0) is 12.3. The molecular weight excluding hydrogens is 210 g/mol. The summed E-state index contributed by atoms with van der Waals surface area (Å²) in [5, 5.41) is 0. The molecule has 1 aromatic heterocycles. The van der Waals surface area contributed by atoms with Crippen LogP contribution in [0.1, 0.15) is 22.4 Å². The van der Waals surface area contributed by atoms with Crippen LogP contribution in [-0.4, -0.2) is 4.98 Å². The molecule has 0 bridgehead atoms. The minimum absolute atomic E-state index is 0.591. The molecule has 0 spiro atoms. The molecular formula is C15H17NO. The Morgan fingerprint density at radius 1 is 1.00 bits per heavy atom.